The summed E-state index contributed by atoms with van der Waals surface area (Å²) in [6.45, 7) is 0. The van der Waals surface area contributed by atoms with Crippen LogP contribution in [0.25, 0.3) is 0 Å². The summed E-state index contributed by atoms with van der Waals surface area (Å²) in [4.78, 5) is 0. The molecule has 0 fully saturated rings. The lowest BCUT2D eigenvalue weighted by atomic mass is 10.3. The zero-order chi connectivity index (χ0) is 11.6. The number of hydrogen-bond acceptors (Lipinski definition) is 3. The van der Waals surface area contributed by atoms with E-state index >= 15 is 0 Å². The molecule has 0 atom stereocenters. The highest BCUT2D eigenvalue weighted by atomic mass is 79.9. The first kappa shape index (κ1) is 12.0. The summed E-state index contributed by atoms with van der Waals surface area (Å²) in [5, 5.41) is 0. The molecule has 0 aliphatic rings. The summed E-state index contributed by atoms with van der Waals surface area (Å²) >= 11 is 3.07. The summed E-state index contributed by atoms with van der Waals surface area (Å²) in [6, 6.07) is 2.63. The third-order valence-electron chi connectivity index (χ3n) is 1.49. The van der Waals surface area contributed by atoms with Gasteiger partial charge in [0.1, 0.15) is 0 Å². The highest BCUT2D eigenvalue weighted by molar-refractivity contribution is 9.10. The maximum absolute atomic E-state index is 12.0. The first-order valence-electron chi connectivity index (χ1n) is 3.72. The van der Waals surface area contributed by atoms with E-state index in [1.54, 1.807) is 0 Å². The van der Waals surface area contributed by atoms with Crippen molar-refractivity contribution in [1.82, 2.24) is 0 Å². The van der Waals surface area contributed by atoms with Gasteiger partial charge in [0.2, 0.25) is 0 Å². The molecular weight excluding hydrogens is 279 g/mol. The second-order valence-corrected chi connectivity index (χ2v) is 3.49. The Hall–Kier alpha value is -1.11. The Labute approximate surface area is 92.1 Å². The highest BCUT2D eigenvalue weighted by Crippen LogP contribution is 2.39. The van der Waals surface area contributed by atoms with Gasteiger partial charge in [-0.05, 0) is 12.1 Å². The molecule has 0 spiro atoms. The maximum atomic E-state index is 12.0. The number of rotatable bonds is 2. The Bertz CT molecular complexity index is 368. The molecule has 1 aromatic carbocycles. The third kappa shape index (κ3) is 3.19. The van der Waals surface area contributed by atoms with Gasteiger partial charge in [-0.1, -0.05) is 15.9 Å². The van der Waals surface area contributed by atoms with E-state index in [1.165, 1.54) is 19.2 Å². The molecule has 0 amide bonds. The molecule has 0 aliphatic heterocycles. The molecule has 2 N–H and O–H groups in total. The van der Waals surface area contributed by atoms with Gasteiger partial charge < -0.3 is 15.2 Å². The third-order valence-corrected chi connectivity index (χ3v) is 1.94. The van der Waals surface area contributed by atoms with E-state index in [4.69, 9.17) is 10.5 Å². The van der Waals surface area contributed by atoms with Crippen LogP contribution in [0.4, 0.5) is 18.9 Å². The molecule has 3 nitrogen and oxygen atoms in total. The molecule has 0 heterocycles. The van der Waals surface area contributed by atoms with Crippen LogP contribution in [0.1, 0.15) is 0 Å². The Morgan fingerprint density at radius 1 is 1.33 bits per heavy atom. The fourth-order valence-electron chi connectivity index (χ4n) is 0.965. The van der Waals surface area contributed by atoms with E-state index in [1.807, 2.05) is 0 Å². The van der Waals surface area contributed by atoms with Crippen LogP contribution in [0.3, 0.4) is 0 Å². The normalized spacial score (nSPS) is 11.3. The van der Waals surface area contributed by atoms with Crippen molar-refractivity contribution in [2.24, 2.45) is 0 Å². The smallest absolute Gasteiger partial charge is 0.493 e. The van der Waals surface area contributed by atoms with Gasteiger partial charge in [-0.15, -0.1) is 13.2 Å². The Kier molecular flexibility index (Phi) is 3.33. The second-order valence-electron chi connectivity index (χ2n) is 2.57. The summed E-state index contributed by atoms with van der Waals surface area (Å²) in [7, 11) is 1.23. The molecular formula is C8H7BrF3NO2. The number of nitrogens with two attached hydrogens (primary N) is 1. The van der Waals surface area contributed by atoms with Crippen molar-refractivity contribution in [2.45, 2.75) is 6.36 Å². The van der Waals surface area contributed by atoms with Gasteiger partial charge in [-0.25, -0.2) is 0 Å². The molecule has 0 aromatic heterocycles. The molecule has 7 heteroatoms. The molecule has 15 heavy (non-hydrogen) atoms. The number of nitrogen functional groups attached to an aromatic ring is 1. The molecule has 0 aliphatic carbocycles. The fraction of sp³-hybridized carbons (Fsp3) is 0.250. The van der Waals surface area contributed by atoms with Crippen LogP contribution in [0.2, 0.25) is 0 Å². The summed E-state index contributed by atoms with van der Waals surface area (Å²) in [5.41, 5.74) is 5.22. The van der Waals surface area contributed by atoms with E-state index in [-0.39, 0.29) is 11.4 Å². The van der Waals surface area contributed by atoms with Crippen molar-refractivity contribution in [3.8, 4) is 11.5 Å². The molecule has 0 unspecified atom stereocenters. The highest BCUT2D eigenvalue weighted by Gasteiger charge is 2.33. The number of halogens is 4. The lowest BCUT2D eigenvalue weighted by molar-refractivity contribution is -0.274. The molecule has 1 rings (SSSR count). The fourth-order valence-corrected chi connectivity index (χ4v) is 1.42. The minimum absolute atomic E-state index is 0.0841. The molecule has 1 aromatic rings. The SMILES string of the molecule is COc1cc(Br)cc(N)c1OC(F)(F)F. The number of ether oxygens (including phenoxy) is 2. The number of alkyl halides is 3. The molecule has 0 saturated carbocycles. The first-order chi connectivity index (χ1) is 6.83. The Balaban J connectivity index is 3.15. The summed E-state index contributed by atoms with van der Waals surface area (Å²) in [5.74, 6) is -0.618. The van der Waals surface area contributed by atoms with Crippen LogP contribution in [-0.2, 0) is 0 Å². The van der Waals surface area contributed by atoms with E-state index in [0.717, 1.165) is 0 Å². The Morgan fingerprint density at radius 2 is 1.93 bits per heavy atom. The largest absolute Gasteiger partial charge is 0.573 e. The van der Waals surface area contributed by atoms with Crippen LogP contribution < -0.4 is 15.2 Å². The van der Waals surface area contributed by atoms with Crippen molar-refractivity contribution in [3.63, 3.8) is 0 Å². The Morgan fingerprint density at radius 3 is 2.40 bits per heavy atom. The van der Waals surface area contributed by atoms with Crippen molar-refractivity contribution in [3.05, 3.63) is 16.6 Å². The van der Waals surface area contributed by atoms with Crippen LogP contribution in [-0.4, -0.2) is 13.5 Å². The van der Waals surface area contributed by atoms with Crippen molar-refractivity contribution >= 4 is 21.6 Å². The van der Waals surface area contributed by atoms with Gasteiger partial charge in [0.25, 0.3) is 0 Å². The van der Waals surface area contributed by atoms with Gasteiger partial charge in [-0.3, -0.25) is 0 Å². The number of benzene rings is 1. The quantitative estimate of drug-likeness (QED) is 0.850. The minimum Gasteiger partial charge on any atom is -0.493 e. The van der Waals surface area contributed by atoms with E-state index in [2.05, 4.69) is 20.7 Å². The molecule has 84 valence electrons. The summed E-state index contributed by atoms with van der Waals surface area (Å²) in [6.07, 6.45) is -4.80. The van der Waals surface area contributed by atoms with E-state index in [0.29, 0.717) is 4.47 Å². The molecule has 0 bridgehead atoms. The average Bonchev–Trinajstić information content (AvgIpc) is 2.07. The van der Waals surface area contributed by atoms with Gasteiger partial charge >= 0.3 is 6.36 Å². The first-order valence-corrected chi connectivity index (χ1v) is 4.51. The number of methoxy groups -OCH3 is 1. The van der Waals surface area contributed by atoms with Crippen LogP contribution in [0, 0.1) is 0 Å². The second kappa shape index (κ2) is 4.18. The topological polar surface area (TPSA) is 44.5 Å². The molecule has 0 saturated heterocycles. The predicted octanol–water partition coefficient (Wildman–Crippen LogP) is 2.94. The summed E-state index contributed by atoms with van der Waals surface area (Å²) < 4.78 is 44.9. The zero-order valence-corrected chi connectivity index (χ0v) is 9.15. The molecule has 0 radical (unpaired) electrons. The zero-order valence-electron chi connectivity index (χ0n) is 7.56. The van der Waals surface area contributed by atoms with Crippen molar-refractivity contribution in [2.75, 3.05) is 12.8 Å². The van der Waals surface area contributed by atoms with E-state index in [9.17, 15) is 13.2 Å². The van der Waals surface area contributed by atoms with Crippen molar-refractivity contribution in [1.29, 1.82) is 0 Å². The van der Waals surface area contributed by atoms with Crippen LogP contribution in [0.5, 0.6) is 11.5 Å². The van der Waals surface area contributed by atoms with Crippen LogP contribution in [0.15, 0.2) is 16.6 Å². The average molecular weight is 286 g/mol. The monoisotopic (exact) mass is 285 g/mol. The predicted molar refractivity (Wildman–Crippen MR) is 51.8 cm³/mol. The number of anilines is 1. The van der Waals surface area contributed by atoms with Crippen LogP contribution >= 0.6 is 15.9 Å². The van der Waals surface area contributed by atoms with Gasteiger partial charge in [-0.2, -0.15) is 0 Å². The van der Waals surface area contributed by atoms with Gasteiger partial charge in [0, 0.05) is 4.47 Å². The van der Waals surface area contributed by atoms with Gasteiger partial charge in [0.15, 0.2) is 11.5 Å². The van der Waals surface area contributed by atoms with E-state index < -0.39 is 12.1 Å². The lowest BCUT2D eigenvalue weighted by Crippen LogP contribution is -2.18. The lowest BCUT2D eigenvalue weighted by Gasteiger charge is -2.14. The number of hydrogen-bond donors (Lipinski definition) is 1. The standard InChI is InChI=1S/C8H7BrF3NO2/c1-14-6-3-4(9)2-5(13)7(6)15-8(10,11)12/h2-3H,13H2,1H3. The van der Waals surface area contributed by atoms with Gasteiger partial charge in [0.05, 0.1) is 12.8 Å². The minimum atomic E-state index is -4.80. The van der Waals surface area contributed by atoms with Crippen molar-refractivity contribution < 1.29 is 22.6 Å². The maximum Gasteiger partial charge on any atom is 0.573 e.